The van der Waals surface area contributed by atoms with Crippen LogP contribution < -0.4 is 0 Å². The first-order valence-corrected chi connectivity index (χ1v) is 9.75. The number of fused-ring (bicyclic) bond motifs is 2. The summed E-state index contributed by atoms with van der Waals surface area (Å²) in [6.07, 6.45) is 2.85. The van der Waals surface area contributed by atoms with Crippen LogP contribution in [0.25, 0.3) is 5.78 Å². The minimum Gasteiger partial charge on any atom is -0.465 e. The van der Waals surface area contributed by atoms with Crippen LogP contribution in [0.2, 0.25) is 0 Å². The standard InChI is InChI=1S/C19H18N4O3S/c1-2-26-17(25)11-27-19-21-18-20-15-8-13(12-6-4-3-5-7-12)9-16(24)14(15)10-23(18)22-19/h3-7,10,13H,2,8-9,11H2,1H3/t13-/m0/s1. The molecule has 0 unspecified atom stereocenters. The van der Waals surface area contributed by atoms with Crippen LogP contribution >= 0.6 is 11.8 Å². The largest absolute Gasteiger partial charge is 0.465 e. The third-order valence-corrected chi connectivity index (χ3v) is 5.27. The average molecular weight is 382 g/mol. The maximum absolute atomic E-state index is 12.6. The maximum atomic E-state index is 12.6. The van der Waals surface area contributed by atoms with Gasteiger partial charge in [0.1, 0.15) is 0 Å². The van der Waals surface area contributed by atoms with Gasteiger partial charge in [0.05, 0.1) is 23.6 Å². The van der Waals surface area contributed by atoms with E-state index >= 15 is 0 Å². The maximum Gasteiger partial charge on any atom is 0.316 e. The van der Waals surface area contributed by atoms with Gasteiger partial charge in [-0.15, -0.1) is 5.10 Å². The Bertz CT molecular complexity index is 1000. The highest BCUT2D eigenvalue weighted by Gasteiger charge is 2.28. The summed E-state index contributed by atoms with van der Waals surface area (Å²) in [7, 11) is 0. The fourth-order valence-corrected chi connectivity index (χ4v) is 3.83. The first-order chi connectivity index (χ1) is 13.1. The molecule has 1 atom stereocenters. The van der Waals surface area contributed by atoms with E-state index in [4.69, 9.17) is 4.74 Å². The number of aromatic nitrogens is 4. The minimum absolute atomic E-state index is 0.0655. The molecule has 0 saturated heterocycles. The van der Waals surface area contributed by atoms with E-state index < -0.39 is 0 Å². The lowest BCUT2D eigenvalue weighted by Gasteiger charge is -2.22. The molecule has 138 valence electrons. The molecule has 2 heterocycles. The van der Waals surface area contributed by atoms with E-state index in [1.54, 1.807) is 13.1 Å². The molecule has 0 aliphatic heterocycles. The second-order valence-corrected chi connectivity index (χ2v) is 7.22. The lowest BCUT2D eigenvalue weighted by molar-refractivity contribution is -0.139. The second-order valence-electron chi connectivity index (χ2n) is 6.27. The zero-order chi connectivity index (χ0) is 18.8. The zero-order valence-corrected chi connectivity index (χ0v) is 15.6. The molecule has 0 saturated carbocycles. The van der Waals surface area contributed by atoms with Gasteiger partial charge in [-0.05, 0) is 24.8 Å². The third-order valence-electron chi connectivity index (χ3n) is 4.46. The molecule has 0 N–H and O–H groups in total. The van der Waals surface area contributed by atoms with Crippen LogP contribution in [0.1, 0.15) is 40.9 Å². The number of nitrogens with zero attached hydrogens (tertiary/aromatic N) is 4. The fourth-order valence-electron chi connectivity index (χ4n) is 3.21. The van der Waals surface area contributed by atoms with Crippen molar-refractivity contribution in [2.45, 2.75) is 30.8 Å². The highest BCUT2D eigenvalue weighted by Crippen LogP contribution is 2.32. The van der Waals surface area contributed by atoms with E-state index in [-0.39, 0.29) is 23.4 Å². The van der Waals surface area contributed by atoms with Crippen LogP contribution in [0.4, 0.5) is 0 Å². The molecular weight excluding hydrogens is 364 g/mol. The normalized spacial score (nSPS) is 16.3. The number of benzene rings is 1. The molecule has 4 rings (SSSR count). The van der Waals surface area contributed by atoms with Crippen LogP contribution in [0, 0.1) is 0 Å². The lowest BCUT2D eigenvalue weighted by atomic mass is 9.82. The molecule has 1 aliphatic carbocycles. The van der Waals surface area contributed by atoms with Gasteiger partial charge in [0.25, 0.3) is 5.78 Å². The number of rotatable bonds is 5. The van der Waals surface area contributed by atoms with E-state index in [0.29, 0.717) is 35.9 Å². The minimum atomic E-state index is -0.311. The Kier molecular flexibility index (Phi) is 4.89. The average Bonchev–Trinajstić information content (AvgIpc) is 3.07. The summed E-state index contributed by atoms with van der Waals surface area (Å²) < 4.78 is 6.41. The summed E-state index contributed by atoms with van der Waals surface area (Å²) in [5.41, 5.74) is 2.49. The Balaban J connectivity index is 1.59. The van der Waals surface area contributed by atoms with Gasteiger partial charge in [0.15, 0.2) is 5.78 Å². The Morgan fingerprint density at radius 1 is 1.26 bits per heavy atom. The van der Waals surface area contributed by atoms with Crippen molar-refractivity contribution in [1.29, 1.82) is 0 Å². The second kappa shape index (κ2) is 7.48. The topological polar surface area (TPSA) is 86.4 Å². The van der Waals surface area contributed by atoms with Crippen LogP contribution in [0.15, 0.2) is 41.7 Å². The molecule has 0 fully saturated rings. The fraction of sp³-hybridized carbons (Fsp3) is 0.316. The monoisotopic (exact) mass is 382 g/mol. The predicted octanol–water partition coefficient (Wildman–Crippen LogP) is 2.69. The van der Waals surface area contributed by atoms with Crippen LogP contribution in [-0.4, -0.2) is 43.7 Å². The van der Waals surface area contributed by atoms with Crippen molar-refractivity contribution in [3.63, 3.8) is 0 Å². The van der Waals surface area contributed by atoms with Gasteiger partial charge < -0.3 is 4.74 Å². The summed E-state index contributed by atoms with van der Waals surface area (Å²) in [4.78, 5) is 33.1. The number of ether oxygens (including phenoxy) is 1. The SMILES string of the molecule is CCOC(=O)CSc1nc2nc3c(cn2n1)C(=O)C[C@@H](c1ccccc1)C3. The van der Waals surface area contributed by atoms with Crippen molar-refractivity contribution in [2.75, 3.05) is 12.4 Å². The molecule has 1 aliphatic rings. The van der Waals surface area contributed by atoms with Gasteiger partial charge in [0.2, 0.25) is 5.16 Å². The molecule has 0 bridgehead atoms. The van der Waals surface area contributed by atoms with Gasteiger partial charge in [-0.3, -0.25) is 9.59 Å². The van der Waals surface area contributed by atoms with Crippen molar-refractivity contribution >= 4 is 29.3 Å². The van der Waals surface area contributed by atoms with Crippen molar-refractivity contribution in [1.82, 2.24) is 19.6 Å². The number of ketones is 1. The number of thioether (sulfide) groups is 1. The number of esters is 1. The zero-order valence-electron chi connectivity index (χ0n) is 14.8. The summed E-state index contributed by atoms with van der Waals surface area (Å²) in [6.45, 7) is 2.11. The molecule has 1 aromatic carbocycles. The summed E-state index contributed by atoms with van der Waals surface area (Å²) >= 11 is 1.19. The van der Waals surface area contributed by atoms with Crippen LogP contribution in [-0.2, 0) is 16.0 Å². The van der Waals surface area contributed by atoms with E-state index in [1.807, 2.05) is 30.3 Å². The van der Waals surface area contributed by atoms with E-state index in [1.165, 1.54) is 16.3 Å². The first kappa shape index (κ1) is 17.7. The summed E-state index contributed by atoms with van der Waals surface area (Å²) in [5.74, 6) is 0.452. The van der Waals surface area contributed by atoms with Gasteiger partial charge in [-0.25, -0.2) is 9.50 Å². The molecule has 0 amide bonds. The van der Waals surface area contributed by atoms with Crippen molar-refractivity contribution in [2.24, 2.45) is 0 Å². The van der Waals surface area contributed by atoms with E-state index in [9.17, 15) is 9.59 Å². The highest BCUT2D eigenvalue weighted by atomic mass is 32.2. The van der Waals surface area contributed by atoms with E-state index in [2.05, 4.69) is 15.1 Å². The lowest BCUT2D eigenvalue weighted by Crippen LogP contribution is -2.21. The summed E-state index contributed by atoms with van der Waals surface area (Å²) in [6, 6.07) is 10.0. The van der Waals surface area contributed by atoms with Crippen molar-refractivity contribution in [3.05, 3.63) is 53.3 Å². The predicted molar refractivity (Wildman–Crippen MR) is 100.0 cm³/mol. The Morgan fingerprint density at radius 3 is 2.85 bits per heavy atom. The molecule has 8 heteroatoms. The Hall–Kier alpha value is -2.74. The molecular formula is C19H18N4O3S. The number of carbonyl (C=O) groups excluding carboxylic acids is 2. The number of hydrogen-bond acceptors (Lipinski definition) is 7. The van der Waals surface area contributed by atoms with Gasteiger partial charge in [-0.1, -0.05) is 42.1 Å². The van der Waals surface area contributed by atoms with E-state index in [0.717, 1.165) is 11.3 Å². The Morgan fingerprint density at radius 2 is 2.07 bits per heavy atom. The first-order valence-electron chi connectivity index (χ1n) is 8.77. The van der Waals surface area contributed by atoms with Crippen molar-refractivity contribution in [3.8, 4) is 0 Å². The van der Waals surface area contributed by atoms with Crippen LogP contribution in [0.3, 0.4) is 0 Å². The number of carbonyl (C=O) groups is 2. The molecule has 7 nitrogen and oxygen atoms in total. The highest BCUT2D eigenvalue weighted by molar-refractivity contribution is 7.99. The quantitative estimate of drug-likeness (QED) is 0.495. The molecule has 3 aromatic rings. The third kappa shape index (κ3) is 3.71. The molecule has 27 heavy (non-hydrogen) atoms. The number of hydrogen-bond donors (Lipinski definition) is 0. The van der Waals surface area contributed by atoms with Crippen LogP contribution in [0.5, 0.6) is 0 Å². The summed E-state index contributed by atoms with van der Waals surface area (Å²) in [5, 5.41) is 4.75. The number of Topliss-reactive ketones (excluding diaryl/α,β-unsaturated/α-hetero) is 1. The molecule has 0 spiro atoms. The van der Waals surface area contributed by atoms with Gasteiger partial charge in [0, 0.05) is 12.6 Å². The van der Waals surface area contributed by atoms with Gasteiger partial charge >= 0.3 is 5.97 Å². The van der Waals surface area contributed by atoms with Crippen molar-refractivity contribution < 1.29 is 14.3 Å². The molecule has 0 radical (unpaired) electrons. The van der Waals surface area contributed by atoms with Gasteiger partial charge in [-0.2, -0.15) is 4.98 Å². The Labute approximate surface area is 160 Å². The molecule has 2 aromatic heterocycles. The smallest absolute Gasteiger partial charge is 0.316 e.